The topological polar surface area (TPSA) is 197 Å². The van der Waals surface area contributed by atoms with Crippen LogP contribution in [0.4, 0.5) is 0 Å². The summed E-state index contributed by atoms with van der Waals surface area (Å²) in [6.45, 7) is 0.260. The number of benzene rings is 2. The Bertz CT molecular complexity index is 1180. The number of nitrogens with one attached hydrogen (secondary N) is 2. The Labute approximate surface area is 248 Å². The van der Waals surface area contributed by atoms with E-state index < -0.39 is 42.0 Å². The van der Waals surface area contributed by atoms with E-state index in [-0.39, 0.29) is 66.9 Å². The first-order valence-corrected chi connectivity index (χ1v) is 12.7. The fourth-order valence-corrected chi connectivity index (χ4v) is 4.56. The first kappa shape index (κ1) is 37.8. The third-order valence-electron chi connectivity index (χ3n) is 6.60. The van der Waals surface area contributed by atoms with Crippen LogP contribution in [-0.2, 0) is 27.2 Å². The molecule has 0 aromatic heterocycles. The molecule has 11 nitrogen and oxygen atoms in total. The number of hydrogen-bond acceptors (Lipinski definition) is 8. The third-order valence-corrected chi connectivity index (χ3v) is 6.97. The molecule has 0 aliphatic carbocycles. The van der Waals surface area contributed by atoms with Gasteiger partial charge in [0.1, 0.15) is 17.8 Å². The summed E-state index contributed by atoms with van der Waals surface area (Å²) in [5.74, 6) is -1.76. The van der Waals surface area contributed by atoms with E-state index in [0.717, 1.165) is 11.1 Å². The molecule has 1 aliphatic rings. The second-order valence-electron chi connectivity index (χ2n) is 9.40. The number of halogens is 1. The maximum absolute atomic E-state index is 13.6. The van der Waals surface area contributed by atoms with Gasteiger partial charge in [-0.15, -0.1) is 0 Å². The molecule has 1 heterocycles. The number of rotatable bonds is 6. The highest BCUT2D eigenvalue weighted by Gasteiger charge is 2.34. The second-order valence-corrected chi connectivity index (χ2v) is 9.80. The van der Waals surface area contributed by atoms with Crippen molar-refractivity contribution in [2.45, 2.75) is 65.8 Å². The number of fused-ring (bicyclic) bond motifs is 5. The molecule has 10 N–H and O–H groups in total. The number of aliphatic hydroxyl groups is 1. The third kappa shape index (κ3) is 9.40. The van der Waals surface area contributed by atoms with Gasteiger partial charge in [-0.2, -0.15) is 0 Å². The molecule has 41 heavy (non-hydrogen) atoms. The Morgan fingerprint density at radius 2 is 1.71 bits per heavy atom. The lowest BCUT2D eigenvalue weighted by atomic mass is 9.95. The highest BCUT2D eigenvalue weighted by molar-refractivity contribution is 6.31. The largest absolute Gasteiger partial charge is 0.508 e. The zero-order valence-electron chi connectivity index (χ0n) is 21.2. The molecule has 0 unspecified atom stereocenters. The Morgan fingerprint density at radius 1 is 1.10 bits per heavy atom. The molecule has 0 saturated carbocycles. The summed E-state index contributed by atoms with van der Waals surface area (Å²) in [5.41, 5.74) is 19.8. The summed E-state index contributed by atoms with van der Waals surface area (Å²) in [6, 6.07) is 6.95. The monoisotopic (exact) mass is 594 g/mol. The van der Waals surface area contributed by atoms with Gasteiger partial charge in [-0.1, -0.05) is 46.0 Å². The predicted molar refractivity (Wildman–Crippen MR) is 164 cm³/mol. The number of hydrogen-bond donors (Lipinski definition) is 7. The maximum atomic E-state index is 13.6. The second kappa shape index (κ2) is 16.9. The number of phenols is 1. The summed E-state index contributed by atoms with van der Waals surface area (Å²) in [5, 5.41) is 26.3. The van der Waals surface area contributed by atoms with Crippen LogP contribution in [-0.4, -0.2) is 83.7 Å². The number of amides is 3. The number of nitrogens with two attached hydrogens (primary N) is 3. The van der Waals surface area contributed by atoms with E-state index in [1.807, 2.05) is 6.07 Å². The smallest absolute Gasteiger partial charge is 0.245 e. The van der Waals surface area contributed by atoms with Gasteiger partial charge in [0.05, 0.1) is 12.1 Å². The van der Waals surface area contributed by atoms with Gasteiger partial charge in [0.2, 0.25) is 17.7 Å². The van der Waals surface area contributed by atoms with Crippen LogP contribution in [0, 0.1) is 0 Å². The normalized spacial score (nSPS) is 19.7. The summed E-state index contributed by atoms with van der Waals surface area (Å²) in [4.78, 5) is 41.1. The molecule has 230 valence electrons. The van der Waals surface area contributed by atoms with Crippen molar-refractivity contribution in [1.29, 1.82) is 0 Å². The van der Waals surface area contributed by atoms with Gasteiger partial charge in [-0.3, -0.25) is 14.4 Å². The predicted octanol–water partition coefficient (Wildman–Crippen LogP) is 1.14. The van der Waals surface area contributed by atoms with Crippen LogP contribution in [0.3, 0.4) is 0 Å². The van der Waals surface area contributed by atoms with E-state index in [1.165, 1.54) is 18.0 Å². The number of phenolic OH excluding ortho intramolecular Hbond substituents is 1. The Hall–Kier alpha value is -3.22. The molecule has 4 bridgehead atoms. The van der Waals surface area contributed by atoms with Crippen molar-refractivity contribution in [2.24, 2.45) is 17.2 Å². The first-order chi connectivity index (χ1) is 18.0. The van der Waals surface area contributed by atoms with Crippen LogP contribution in [0.1, 0.15) is 39.8 Å². The van der Waals surface area contributed by atoms with Gasteiger partial charge < -0.3 is 42.9 Å². The molecule has 1 aliphatic heterocycles. The summed E-state index contributed by atoms with van der Waals surface area (Å²) in [6.07, 6.45) is -1.22. The van der Waals surface area contributed by atoms with Crippen molar-refractivity contribution in [3.8, 4) is 16.9 Å². The fourth-order valence-electron chi connectivity index (χ4n) is 4.36. The summed E-state index contributed by atoms with van der Waals surface area (Å²) >= 11 is 6.51. The van der Waals surface area contributed by atoms with Gasteiger partial charge >= 0.3 is 0 Å². The Morgan fingerprint density at radius 3 is 2.32 bits per heavy atom. The molecule has 3 amide bonds. The van der Waals surface area contributed by atoms with E-state index in [4.69, 9.17) is 28.8 Å². The number of aliphatic hydroxyl groups excluding tert-OH is 1. The molecule has 12 heteroatoms. The Balaban J connectivity index is 0.00000533. The van der Waals surface area contributed by atoms with Crippen molar-refractivity contribution in [3.63, 3.8) is 0 Å². The van der Waals surface area contributed by atoms with E-state index in [1.54, 1.807) is 24.3 Å². The fraction of sp³-hybridized carbons (Fsp3) is 0.483. The van der Waals surface area contributed by atoms with Gasteiger partial charge in [0, 0.05) is 51.0 Å². The minimum Gasteiger partial charge on any atom is -0.508 e. The van der Waals surface area contributed by atoms with E-state index in [9.17, 15) is 24.6 Å². The molecular formula is C29H47ClN6O5. The number of carbonyl (C=O) groups is 3. The van der Waals surface area contributed by atoms with Gasteiger partial charge in [0.25, 0.3) is 0 Å². The lowest BCUT2D eigenvalue weighted by Crippen LogP contribution is -2.58. The minimum atomic E-state index is -1.21. The minimum absolute atomic E-state index is 0. The summed E-state index contributed by atoms with van der Waals surface area (Å²) < 4.78 is 0. The lowest BCUT2D eigenvalue weighted by Gasteiger charge is -2.32. The molecular weight excluding hydrogens is 548 g/mol. The molecule has 0 saturated heterocycles. The molecule has 4 atom stereocenters. The van der Waals surface area contributed by atoms with Crippen molar-refractivity contribution in [2.75, 3.05) is 26.7 Å². The van der Waals surface area contributed by atoms with Crippen molar-refractivity contribution in [1.82, 2.24) is 15.5 Å². The molecule has 3 rings (SSSR count). The highest BCUT2D eigenvalue weighted by atomic mass is 35.5. The van der Waals surface area contributed by atoms with E-state index >= 15 is 0 Å². The number of likely N-dealkylation sites (N-methyl/N-ethyl adjacent to an activating group) is 1. The zero-order valence-corrected chi connectivity index (χ0v) is 21.9. The van der Waals surface area contributed by atoms with Gasteiger partial charge in [0.15, 0.2) is 0 Å². The average Bonchev–Trinajstić information content (AvgIpc) is 2.90. The van der Waals surface area contributed by atoms with Crippen LogP contribution < -0.4 is 27.8 Å². The van der Waals surface area contributed by atoms with Gasteiger partial charge in [-0.25, -0.2) is 0 Å². The molecule has 0 spiro atoms. The zero-order chi connectivity index (χ0) is 28.0. The number of nitrogens with zero attached hydrogens (tertiary/aromatic N) is 1. The van der Waals surface area contributed by atoms with Crippen LogP contribution >= 0.6 is 11.6 Å². The highest BCUT2D eigenvalue weighted by Crippen LogP contribution is 2.30. The number of aromatic hydroxyl groups is 1. The first-order valence-electron chi connectivity index (χ1n) is 12.3. The van der Waals surface area contributed by atoms with Crippen molar-refractivity contribution in [3.05, 3.63) is 52.5 Å². The molecule has 0 radical (unpaired) electrons. The molecule has 2 aromatic rings. The van der Waals surface area contributed by atoms with Crippen LogP contribution in [0.15, 0.2) is 36.4 Å². The van der Waals surface area contributed by atoms with Gasteiger partial charge in [-0.05, 0) is 46.5 Å². The maximum Gasteiger partial charge on any atom is 0.245 e. The van der Waals surface area contributed by atoms with Crippen LogP contribution in [0.2, 0.25) is 5.02 Å². The van der Waals surface area contributed by atoms with E-state index in [2.05, 4.69) is 10.6 Å². The lowest BCUT2D eigenvalue weighted by molar-refractivity contribution is -0.142. The van der Waals surface area contributed by atoms with Crippen molar-refractivity contribution < 1.29 is 24.6 Å². The summed E-state index contributed by atoms with van der Waals surface area (Å²) in [7, 11) is 1.44. The van der Waals surface area contributed by atoms with E-state index in [0.29, 0.717) is 16.1 Å². The average molecular weight is 595 g/mol. The molecule has 0 fully saturated rings. The molecule has 2 aromatic carbocycles. The Kier molecular flexibility index (Phi) is 15.6. The van der Waals surface area contributed by atoms with Crippen LogP contribution in [0.25, 0.3) is 11.1 Å². The quantitative estimate of drug-likeness (QED) is 0.258. The van der Waals surface area contributed by atoms with Crippen LogP contribution in [0.5, 0.6) is 5.75 Å². The standard InChI is InChI=1S/C26H35ClN6O5.3CH4/c1-33-22(25(37)31-7-6-28)11-16-8-14(2-4-19(16)27)15-3-5-23(35)17(9-15)10-20(30)24(36)32-21(26(33)38)12-18(34)13-29;;;/h2-5,8-9,18,20-22,34-35H,6-7,10-13,28-30H2,1H3,(H,31,37)(H,32,36);3*1H4/t18-,20+,21+,22+;;;/m1.../s1. The SMILES string of the molecule is C.C.C.CN1C(=O)[C@H](C[C@@H](O)CN)NC(=O)[C@@H](N)Cc2cc(ccc2O)-c2ccc(Cl)c(c2)C[C@H]1C(=O)NCCN. The number of carbonyl (C=O) groups excluding carboxylic acids is 3. The van der Waals surface area contributed by atoms with Crippen molar-refractivity contribution >= 4 is 29.3 Å².